The lowest BCUT2D eigenvalue weighted by molar-refractivity contribution is -0.127. The largest absolute Gasteiger partial charge is 0.352 e. The molecule has 0 spiro atoms. The first kappa shape index (κ1) is 21.1. The fourth-order valence-electron chi connectivity index (χ4n) is 4.19. The van der Waals surface area contributed by atoms with Crippen molar-refractivity contribution in [1.82, 2.24) is 15.2 Å². The van der Waals surface area contributed by atoms with Crippen LogP contribution in [0.5, 0.6) is 0 Å². The van der Waals surface area contributed by atoms with Crippen LogP contribution in [0.25, 0.3) is 0 Å². The smallest absolute Gasteiger partial charge is 0.224 e. The summed E-state index contributed by atoms with van der Waals surface area (Å²) in [5.74, 6) is -1.36. The summed E-state index contributed by atoms with van der Waals surface area (Å²) >= 11 is 0. The third-order valence-corrected chi connectivity index (χ3v) is 5.82. The minimum Gasteiger partial charge on any atom is -0.352 e. The second-order valence-corrected chi connectivity index (χ2v) is 7.95. The average Bonchev–Trinajstić information content (AvgIpc) is 2.80. The van der Waals surface area contributed by atoms with Crippen molar-refractivity contribution in [1.29, 1.82) is 0 Å². The molecule has 0 saturated carbocycles. The average molecular weight is 421 g/mol. The van der Waals surface area contributed by atoms with Gasteiger partial charge in [-0.3, -0.25) is 14.7 Å². The molecule has 2 atom stereocenters. The number of hydrogen-bond acceptors (Lipinski definition) is 3. The Bertz CT molecular complexity index is 1010. The maximum atomic E-state index is 14.3. The van der Waals surface area contributed by atoms with Crippen LogP contribution < -0.4 is 5.32 Å². The SMILES string of the molecule is O=C(NCc1cccnc1)C1CCC(c2ccccc2)N(Cc2ccc(F)cc2F)C1. The van der Waals surface area contributed by atoms with E-state index in [1.54, 1.807) is 12.4 Å². The molecule has 0 aliphatic carbocycles. The van der Waals surface area contributed by atoms with Gasteiger partial charge in [0.15, 0.2) is 0 Å². The number of nitrogens with zero attached hydrogens (tertiary/aromatic N) is 2. The monoisotopic (exact) mass is 421 g/mol. The molecule has 1 N–H and O–H groups in total. The van der Waals surface area contributed by atoms with Gasteiger partial charge in [-0.15, -0.1) is 0 Å². The zero-order chi connectivity index (χ0) is 21.6. The molecule has 1 aromatic heterocycles. The van der Waals surface area contributed by atoms with Crippen LogP contribution in [0.3, 0.4) is 0 Å². The number of halogens is 2. The van der Waals surface area contributed by atoms with E-state index in [9.17, 15) is 13.6 Å². The Morgan fingerprint density at radius 3 is 2.65 bits per heavy atom. The van der Waals surface area contributed by atoms with E-state index in [-0.39, 0.29) is 17.9 Å². The van der Waals surface area contributed by atoms with Crippen LogP contribution in [0.15, 0.2) is 73.1 Å². The number of rotatable bonds is 6. The molecule has 4 rings (SSSR count). The van der Waals surface area contributed by atoms with Crippen LogP contribution in [0.4, 0.5) is 8.78 Å². The maximum absolute atomic E-state index is 14.3. The van der Waals surface area contributed by atoms with Gasteiger partial charge in [0.2, 0.25) is 5.91 Å². The van der Waals surface area contributed by atoms with Crippen LogP contribution in [-0.4, -0.2) is 22.3 Å². The summed E-state index contributed by atoms with van der Waals surface area (Å²) < 4.78 is 27.7. The van der Waals surface area contributed by atoms with Crippen molar-refractivity contribution in [2.45, 2.75) is 32.0 Å². The molecular weight excluding hydrogens is 396 g/mol. The minimum atomic E-state index is -0.591. The molecule has 0 radical (unpaired) electrons. The molecule has 1 saturated heterocycles. The van der Waals surface area contributed by atoms with Gasteiger partial charge >= 0.3 is 0 Å². The highest BCUT2D eigenvalue weighted by molar-refractivity contribution is 5.79. The van der Waals surface area contributed by atoms with Crippen molar-refractivity contribution in [3.05, 3.63) is 101 Å². The quantitative estimate of drug-likeness (QED) is 0.631. The van der Waals surface area contributed by atoms with Gasteiger partial charge in [0.25, 0.3) is 0 Å². The van der Waals surface area contributed by atoms with Gasteiger partial charge in [0.05, 0.1) is 5.92 Å². The molecule has 2 heterocycles. The van der Waals surface area contributed by atoms with E-state index in [4.69, 9.17) is 0 Å². The molecule has 3 aromatic rings. The number of benzene rings is 2. The van der Waals surface area contributed by atoms with Crippen molar-refractivity contribution >= 4 is 5.91 Å². The second-order valence-electron chi connectivity index (χ2n) is 7.95. The standard InChI is InChI=1S/C25H25F2N3O/c26-22-10-8-20(23(27)13-22)16-30-17-21(9-11-24(30)19-6-2-1-3-7-19)25(31)29-15-18-5-4-12-28-14-18/h1-8,10,12-14,21,24H,9,11,15-17H2,(H,29,31). The molecule has 0 bridgehead atoms. The molecule has 1 amide bonds. The molecular formula is C25H25F2N3O. The normalized spacial score (nSPS) is 19.2. The van der Waals surface area contributed by atoms with Crippen molar-refractivity contribution < 1.29 is 13.6 Å². The number of amides is 1. The number of piperidine rings is 1. The Labute approximate surface area is 180 Å². The summed E-state index contributed by atoms with van der Waals surface area (Å²) in [7, 11) is 0. The Hall–Kier alpha value is -3.12. The Morgan fingerprint density at radius 1 is 1.06 bits per heavy atom. The third-order valence-electron chi connectivity index (χ3n) is 5.82. The van der Waals surface area contributed by atoms with Gasteiger partial charge in [-0.2, -0.15) is 0 Å². The molecule has 1 aliphatic heterocycles. The van der Waals surface area contributed by atoms with Gasteiger partial charge in [-0.1, -0.05) is 42.5 Å². The summed E-state index contributed by atoms with van der Waals surface area (Å²) in [6, 6.07) is 17.6. The lowest BCUT2D eigenvalue weighted by Crippen LogP contribution is -2.44. The van der Waals surface area contributed by atoms with Crippen LogP contribution >= 0.6 is 0 Å². The van der Waals surface area contributed by atoms with Gasteiger partial charge in [0.1, 0.15) is 11.6 Å². The lowest BCUT2D eigenvalue weighted by atomic mass is 9.88. The zero-order valence-electron chi connectivity index (χ0n) is 17.2. The van der Waals surface area contributed by atoms with Crippen LogP contribution in [0, 0.1) is 17.6 Å². The van der Waals surface area contributed by atoms with Crippen LogP contribution in [0.2, 0.25) is 0 Å². The first-order valence-corrected chi connectivity index (χ1v) is 10.5. The summed E-state index contributed by atoms with van der Waals surface area (Å²) in [4.78, 5) is 19.0. The topological polar surface area (TPSA) is 45.2 Å². The van der Waals surface area contributed by atoms with Crippen molar-refractivity contribution in [2.75, 3.05) is 6.54 Å². The van der Waals surface area contributed by atoms with Gasteiger partial charge in [-0.25, -0.2) is 8.78 Å². The van der Waals surface area contributed by atoms with Crippen LogP contribution in [-0.2, 0) is 17.9 Å². The molecule has 1 aliphatic rings. The highest BCUT2D eigenvalue weighted by Crippen LogP contribution is 2.35. The van der Waals surface area contributed by atoms with E-state index in [1.807, 2.05) is 30.3 Å². The summed E-state index contributed by atoms with van der Waals surface area (Å²) in [5, 5.41) is 3.00. The molecule has 4 nitrogen and oxygen atoms in total. The van der Waals surface area contributed by atoms with Crippen molar-refractivity contribution in [3.8, 4) is 0 Å². The Kier molecular flexibility index (Phi) is 6.67. The second kappa shape index (κ2) is 9.79. The summed E-state index contributed by atoms with van der Waals surface area (Å²) in [6.45, 7) is 1.26. The van der Waals surface area contributed by atoms with E-state index in [0.717, 1.165) is 30.0 Å². The van der Waals surface area contributed by atoms with Crippen molar-refractivity contribution in [2.24, 2.45) is 5.92 Å². The molecule has 6 heteroatoms. The molecule has 2 aromatic carbocycles. The predicted octanol–water partition coefficient (Wildman–Crippen LogP) is 4.63. The predicted molar refractivity (Wildman–Crippen MR) is 115 cm³/mol. The van der Waals surface area contributed by atoms with Crippen molar-refractivity contribution in [3.63, 3.8) is 0 Å². The first-order valence-electron chi connectivity index (χ1n) is 10.5. The van der Waals surface area contributed by atoms with E-state index in [2.05, 4.69) is 27.3 Å². The lowest BCUT2D eigenvalue weighted by Gasteiger charge is -2.39. The first-order chi connectivity index (χ1) is 15.1. The molecule has 160 valence electrons. The zero-order valence-corrected chi connectivity index (χ0v) is 17.2. The van der Waals surface area contributed by atoms with Gasteiger partial charge < -0.3 is 5.32 Å². The summed E-state index contributed by atoms with van der Waals surface area (Å²) in [6.07, 6.45) is 4.97. The Morgan fingerprint density at radius 2 is 1.90 bits per heavy atom. The number of hydrogen-bond donors (Lipinski definition) is 1. The van der Waals surface area contributed by atoms with Gasteiger partial charge in [-0.05, 0) is 36.1 Å². The fourth-order valence-corrected chi connectivity index (χ4v) is 4.19. The Balaban J connectivity index is 1.49. The third kappa shape index (κ3) is 5.33. The van der Waals surface area contributed by atoms with E-state index < -0.39 is 11.6 Å². The highest BCUT2D eigenvalue weighted by atomic mass is 19.1. The van der Waals surface area contributed by atoms with E-state index >= 15 is 0 Å². The van der Waals surface area contributed by atoms with Gasteiger partial charge in [0, 0.05) is 49.7 Å². The fraction of sp³-hybridized carbons (Fsp3) is 0.280. The molecule has 31 heavy (non-hydrogen) atoms. The highest BCUT2D eigenvalue weighted by Gasteiger charge is 2.33. The molecule has 1 fully saturated rings. The number of likely N-dealkylation sites (tertiary alicyclic amines) is 1. The van der Waals surface area contributed by atoms with E-state index in [1.165, 1.54) is 12.1 Å². The number of aromatic nitrogens is 1. The van der Waals surface area contributed by atoms with E-state index in [0.29, 0.717) is 25.2 Å². The number of pyridine rings is 1. The number of carbonyl (C=O) groups is 1. The molecule has 2 unspecified atom stereocenters. The summed E-state index contributed by atoms with van der Waals surface area (Å²) in [5.41, 5.74) is 2.51. The maximum Gasteiger partial charge on any atom is 0.224 e. The van der Waals surface area contributed by atoms with Crippen LogP contribution in [0.1, 0.15) is 35.6 Å². The minimum absolute atomic E-state index is 0.0139. The number of carbonyl (C=O) groups excluding carboxylic acids is 1. The number of nitrogens with one attached hydrogen (secondary N) is 1.